The van der Waals surface area contributed by atoms with Crippen LogP contribution in [-0.2, 0) is 5.41 Å². The second-order valence-electron chi connectivity index (χ2n) is 16.7. The zero-order valence-electron chi connectivity index (χ0n) is 33.5. The molecule has 288 valence electrons. The summed E-state index contributed by atoms with van der Waals surface area (Å²) in [5, 5.41) is 6.66. The van der Waals surface area contributed by atoms with Crippen molar-refractivity contribution >= 4 is 71.7 Å². The molecule has 0 radical (unpaired) electrons. The lowest BCUT2D eigenvalue weighted by Crippen LogP contribution is -2.26. The third kappa shape index (κ3) is 4.34. The SMILES string of the molecule is c1ccc(N(c2ccc3c(c2)C2(c4ccccc4-c4ccccc42)c2ccccc2-3)c2ccc(-c3cccc4ccccc34)c3c2oc2ccc4oc5ccccc5c4c23)cc1. The Bertz CT molecular complexity index is 3760. The van der Waals surface area contributed by atoms with E-state index >= 15 is 0 Å². The summed E-state index contributed by atoms with van der Waals surface area (Å²) in [5.74, 6) is 0. The fourth-order valence-electron chi connectivity index (χ4n) is 11.3. The van der Waals surface area contributed by atoms with E-state index in [0.717, 1.165) is 72.1 Å². The van der Waals surface area contributed by atoms with Gasteiger partial charge in [0.15, 0.2) is 5.58 Å². The summed E-state index contributed by atoms with van der Waals surface area (Å²) in [6, 6.07) is 77.1. The number of nitrogens with zero attached hydrogens (tertiary/aromatic N) is 1. The minimum absolute atomic E-state index is 0.474. The van der Waals surface area contributed by atoms with E-state index in [4.69, 9.17) is 8.83 Å². The molecule has 2 aliphatic rings. The summed E-state index contributed by atoms with van der Waals surface area (Å²) < 4.78 is 13.8. The predicted octanol–water partition coefficient (Wildman–Crippen LogP) is 16.1. The molecule has 0 saturated carbocycles. The van der Waals surface area contributed by atoms with Crippen molar-refractivity contribution < 1.29 is 8.83 Å². The Morgan fingerprint density at radius 1 is 0.323 bits per heavy atom. The van der Waals surface area contributed by atoms with E-state index in [1.165, 1.54) is 55.3 Å². The average molecular weight is 790 g/mol. The Balaban J connectivity index is 1.09. The molecule has 2 aromatic heterocycles. The maximum atomic E-state index is 7.25. The van der Waals surface area contributed by atoms with Crippen LogP contribution in [0.3, 0.4) is 0 Å². The van der Waals surface area contributed by atoms with Crippen LogP contribution in [0.2, 0.25) is 0 Å². The van der Waals surface area contributed by atoms with Crippen molar-refractivity contribution in [3.63, 3.8) is 0 Å². The van der Waals surface area contributed by atoms with Crippen molar-refractivity contribution in [1.29, 1.82) is 0 Å². The van der Waals surface area contributed by atoms with E-state index < -0.39 is 5.41 Å². The molecule has 0 N–H and O–H groups in total. The van der Waals surface area contributed by atoms with E-state index in [2.05, 4.69) is 211 Å². The maximum absolute atomic E-state index is 7.25. The quantitative estimate of drug-likeness (QED) is 0.178. The highest BCUT2D eigenvalue weighted by Crippen LogP contribution is 2.63. The third-order valence-electron chi connectivity index (χ3n) is 13.7. The summed E-state index contributed by atoms with van der Waals surface area (Å²) in [6.45, 7) is 0. The predicted molar refractivity (Wildman–Crippen MR) is 255 cm³/mol. The van der Waals surface area contributed by atoms with Gasteiger partial charge in [0.25, 0.3) is 0 Å². The largest absolute Gasteiger partial charge is 0.456 e. The van der Waals surface area contributed by atoms with Crippen molar-refractivity contribution in [3.05, 3.63) is 235 Å². The molecule has 0 unspecified atom stereocenters. The lowest BCUT2D eigenvalue weighted by Gasteiger charge is -2.32. The molecule has 0 saturated heterocycles. The highest BCUT2D eigenvalue weighted by Gasteiger charge is 2.51. The average Bonchev–Trinajstić information content (AvgIpc) is 4.07. The number of hydrogen-bond donors (Lipinski definition) is 0. The van der Waals surface area contributed by atoms with Crippen molar-refractivity contribution in [3.8, 4) is 33.4 Å². The van der Waals surface area contributed by atoms with E-state index in [9.17, 15) is 0 Å². The second kappa shape index (κ2) is 12.4. The lowest BCUT2D eigenvalue weighted by molar-refractivity contribution is 0.663. The third-order valence-corrected chi connectivity index (χ3v) is 13.7. The minimum atomic E-state index is -0.474. The first-order valence-corrected chi connectivity index (χ1v) is 21.3. The van der Waals surface area contributed by atoms with E-state index in [1.54, 1.807) is 0 Å². The van der Waals surface area contributed by atoms with Crippen molar-refractivity contribution in [2.24, 2.45) is 0 Å². The molecule has 0 aliphatic heterocycles. The Morgan fingerprint density at radius 3 is 1.63 bits per heavy atom. The van der Waals surface area contributed by atoms with Crippen LogP contribution in [0.4, 0.5) is 17.1 Å². The first-order chi connectivity index (χ1) is 30.8. The van der Waals surface area contributed by atoms with Crippen LogP contribution < -0.4 is 4.90 Å². The van der Waals surface area contributed by atoms with E-state index in [1.807, 2.05) is 6.07 Å². The number of hydrogen-bond acceptors (Lipinski definition) is 3. The number of anilines is 3. The van der Waals surface area contributed by atoms with Gasteiger partial charge in [-0.15, -0.1) is 0 Å². The number of rotatable bonds is 4. The number of fused-ring (bicyclic) bond motifs is 18. The van der Waals surface area contributed by atoms with Crippen LogP contribution in [0.25, 0.3) is 88.0 Å². The van der Waals surface area contributed by atoms with Crippen LogP contribution in [-0.4, -0.2) is 0 Å². The Hall–Kier alpha value is -8.14. The zero-order valence-corrected chi connectivity index (χ0v) is 33.5. The second-order valence-corrected chi connectivity index (χ2v) is 16.7. The minimum Gasteiger partial charge on any atom is -0.456 e. The molecule has 3 nitrogen and oxygen atoms in total. The van der Waals surface area contributed by atoms with Gasteiger partial charge in [-0.1, -0.05) is 164 Å². The molecule has 12 aromatic rings. The van der Waals surface area contributed by atoms with Gasteiger partial charge in [0.1, 0.15) is 16.7 Å². The zero-order chi connectivity index (χ0) is 40.5. The molecule has 0 atom stereocenters. The molecule has 0 fully saturated rings. The van der Waals surface area contributed by atoms with Gasteiger partial charge in [-0.25, -0.2) is 0 Å². The van der Waals surface area contributed by atoms with Gasteiger partial charge < -0.3 is 13.7 Å². The smallest absolute Gasteiger partial charge is 0.160 e. The number of para-hydroxylation sites is 2. The summed E-state index contributed by atoms with van der Waals surface area (Å²) >= 11 is 0. The van der Waals surface area contributed by atoms with Gasteiger partial charge in [0, 0.05) is 32.9 Å². The van der Waals surface area contributed by atoms with Crippen molar-refractivity contribution in [2.45, 2.75) is 5.41 Å². The Labute approximate surface area is 357 Å². The Morgan fingerprint density at radius 2 is 0.887 bits per heavy atom. The van der Waals surface area contributed by atoms with Gasteiger partial charge >= 0.3 is 0 Å². The van der Waals surface area contributed by atoms with E-state index in [0.29, 0.717) is 0 Å². The fraction of sp³-hybridized carbons (Fsp3) is 0.0169. The van der Waals surface area contributed by atoms with Crippen molar-refractivity contribution in [1.82, 2.24) is 0 Å². The standard InChI is InChI=1S/C59H35NO2/c1-2-17-37(18-3-1)60(38-29-30-44-43-22-8-12-27-49(43)59(50(44)35-38)47-25-10-6-20-41(47)42-21-7-11-26-48(42)59)51-32-31-45(40-24-14-16-36-15-4-5-19-39(36)40)56-57-54(62-58(51)56)34-33-53-55(57)46-23-9-13-28-52(46)61-53/h1-35H. The molecular weight excluding hydrogens is 755 g/mol. The van der Waals surface area contributed by atoms with Gasteiger partial charge in [-0.05, 0) is 115 Å². The van der Waals surface area contributed by atoms with Crippen LogP contribution in [0.5, 0.6) is 0 Å². The van der Waals surface area contributed by atoms with Gasteiger partial charge in [0.05, 0.1) is 11.1 Å². The van der Waals surface area contributed by atoms with Gasteiger partial charge in [-0.2, -0.15) is 0 Å². The monoisotopic (exact) mass is 789 g/mol. The molecule has 1 spiro atoms. The van der Waals surface area contributed by atoms with E-state index in [-0.39, 0.29) is 0 Å². The van der Waals surface area contributed by atoms with Crippen LogP contribution in [0.1, 0.15) is 22.3 Å². The molecule has 10 aromatic carbocycles. The van der Waals surface area contributed by atoms with Crippen molar-refractivity contribution in [2.75, 3.05) is 4.90 Å². The maximum Gasteiger partial charge on any atom is 0.160 e. The highest BCUT2D eigenvalue weighted by atomic mass is 16.3. The lowest BCUT2D eigenvalue weighted by atomic mass is 9.70. The summed E-state index contributed by atoms with van der Waals surface area (Å²) in [5.41, 5.74) is 18.6. The normalized spacial score (nSPS) is 13.3. The van der Waals surface area contributed by atoms with Crippen LogP contribution in [0, 0.1) is 0 Å². The fourth-order valence-corrected chi connectivity index (χ4v) is 11.3. The Kier molecular flexibility index (Phi) is 6.76. The molecule has 0 amide bonds. The highest BCUT2D eigenvalue weighted by molar-refractivity contribution is 6.30. The molecular formula is C59H35NO2. The molecule has 3 heteroatoms. The summed E-state index contributed by atoms with van der Waals surface area (Å²) in [4.78, 5) is 2.39. The molecule has 2 aliphatic carbocycles. The van der Waals surface area contributed by atoms with Gasteiger partial charge in [0.2, 0.25) is 0 Å². The van der Waals surface area contributed by atoms with Crippen LogP contribution >= 0.6 is 0 Å². The first-order valence-electron chi connectivity index (χ1n) is 21.3. The van der Waals surface area contributed by atoms with Crippen LogP contribution in [0.15, 0.2) is 221 Å². The summed E-state index contributed by atoms with van der Waals surface area (Å²) in [6.07, 6.45) is 0. The summed E-state index contributed by atoms with van der Waals surface area (Å²) in [7, 11) is 0. The molecule has 2 heterocycles. The topological polar surface area (TPSA) is 29.5 Å². The molecule has 0 bridgehead atoms. The number of furan rings is 2. The first kappa shape index (κ1) is 33.7. The molecule has 14 rings (SSSR count). The number of benzene rings is 10. The molecule has 62 heavy (non-hydrogen) atoms. The van der Waals surface area contributed by atoms with Gasteiger partial charge in [-0.3, -0.25) is 0 Å².